The van der Waals surface area contributed by atoms with Crippen LogP contribution in [0.4, 0.5) is 0 Å². The molecule has 14 nitrogen and oxygen atoms in total. The first-order chi connectivity index (χ1) is 26.6. The third-order valence-electron chi connectivity index (χ3n) is 10.7. The van der Waals surface area contributed by atoms with E-state index in [-0.39, 0.29) is 18.9 Å². The first-order valence-electron chi connectivity index (χ1n) is 21.4. The first-order valence-corrected chi connectivity index (χ1v) is 21.4. The summed E-state index contributed by atoms with van der Waals surface area (Å²) in [6.07, 6.45) is 9.97. The highest BCUT2D eigenvalue weighted by molar-refractivity contribution is 5.76. The molecule has 2 saturated heterocycles. The minimum Gasteiger partial charge on any atom is -0.394 e. The first kappa shape index (κ1) is 49.9. The molecular weight excluding hydrogens is 714 g/mol. The number of unbranched alkanes of at least 4 members (excludes halogenated alkanes) is 18. The molecule has 0 spiro atoms. The van der Waals surface area contributed by atoms with Crippen LogP contribution in [0.25, 0.3) is 0 Å². The Morgan fingerprint density at radius 1 is 0.636 bits per heavy atom. The van der Waals surface area contributed by atoms with Crippen LogP contribution in [0.1, 0.15) is 149 Å². The molecule has 2 aliphatic heterocycles. The van der Waals surface area contributed by atoms with E-state index in [9.17, 15) is 45.6 Å². The lowest BCUT2D eigenvalue weighted by atomic mass is 9.97. The van der Waals surface area contributed by atoms with Gasteiger partial charge in [-0.25, -0.2) is 0 Å². The summed E-state index contributed by atoms with van der Waals surface area (Å²) in [6.45, 7) is 2.70. The van der Waals surface area contributed by atoms with Gasteiger partial charge in [0.1, 0.15) is 48.8 Å². The predicted molar refractivity (Wildman–Crippen MR) is 208 cm³/mol. The van der Waals surface area contributed by atoms with Gasteiger partial charge in [0.15, 0.2) is 12.6 Å². The van der Waals surface area contributed by atoms with Gasteiger partial charge in [-0.2, -0.15) is 0 Å². The average Bonchev–Trinajstić information content (AvgIpc) is 3.18. The number of aliphatic hydroxyl groups is 8. The highest BCUT2D eigenvalue weighted by atomic mass is 16.7. The smallest absolute Gasteiger partial charge is 0.220 e. The van der Waals surface area contributed by atoms with Crippen molar-refractivity contribution >= 4 is 5.91 Å². The molecule has 2 rings (SSSR count). The van der Waals surface area contributed by atoms with E-state index in [0.717, 1.165) is 44.9 Å². The Labute approximate surface area is 329 Å². The summed E-state index contributed by atoms with van der Waals surface area (Å²) in [7, 11) is 0. The number of amides is 1. The normalized spacial score (nSPS) is 29.8. The van der Waals surface area contributed by atoms with Gasteiger partial charge in [0.25, 0.3) is 0 Å². The van der Waals surface area contributed by atoms with E-state index in [4.69, 9.17) is 18.9 Å². The monoisotopic (exact) mass is 792 g/mol. The van der Waals surface area contributed by atoms with E-state index in [2.05, 4.69) is 19.2 Å². The predicted octanol–water partition coefficient (Wildman–Crippen LogP) is 3.26. The molecule has 9 N–H and O–H groups in total. The minimum absolute atomic E-state index is 0.244. The van der Waals surface area contributed by atoms with E-state index in [1.165, 1.54) is 77.0 Å². The molecule has 2 heterocycles. The standard InChI is InChI=1S/C41H77NO13/c1-3-5-7-9-11-13-14-15-16-17-19-21-23-25-33(46)42-29(30(45)24-22-20-18-12-10-8-6-4-2)28-52-40-38(51)36(49)39(32(27-44)54-40)55-41-37(50)35(48)34(47)31(26-43)53-41/h22,24,29-32,34-41,43-45,47-51H,3-21,23,25-28H2,1-2H3,(H,42,46)/b24-22+/t29-,30-,31+,32+,34-,35-,36+,37+,38+,39+,40+,41-/m0/s1. The number of carbonyl (C=O) groups excluding carboxylic acids is 1. The molecule has 2 fully saturated rings. The van der Waals surface area contributed by atoms with E-state index < -0.39 is 86.8 Å². The summed E-state index contributed by atoms with van der Waals surface area (Å²) in [4.78, 5) is 13.0. The van der Waals surface area contributed by atoms with Gasteiger partial charge in [0, 0.05) is 6.42 Å². The van der Waals surface area contributed by atoms with Crippen LogP contribution in [0.15, 0.2) is 12.2 Å². The maximum absolute atomic E-state index is 13.0. The number of nitrogens with one attached hydrogen (secondary N) is 1. The number of aliphatic hydroxyl groups excluding tert-OH is 8. The second-order valence-corrected chi connectivity index (χ2v) is 15.5. The van der Waals surface area contributed by atoms with Gasteiger partial charge in [0.2, 0.25) is 5.91 Å². The zero-order chi connectivity index (χ0) is 40.4. The lowest BCUT2D eigenvalue weighted by Gasteiger charge is -2.46. The van der Waals surface area contributed by atoms with Crippen molar-refractivity contribution in [3.05, 3.63) is 12.2 Å². The highest BCUT2D eigenvalue weighted by Gasteiger charge is 2.50. The molecule has 0 aromatic heterocycles. The number of rotatable bonds is 31. The second-order valence-electron chi connectivity index (χ2n) is 15.5. The molecule has 2 aliphatic rings. The van der Waals surface area contributed by atoms with Crippen LogP contribution in [-0.4, -0.2) is 140 Å². The molecule has 0 bridgehead atoms. The summed E-state index contributed by atoms with van der Waals surface area (Å²) in [5.41, 5.74) is 0. The van der Waals surface area contributed by atoms with Crippen LogP contribution < -0.4 is 5.32 Å². The van der Waals surface area contributed by atoms with Crippen LogP contribution in [0.2, 0.25) is 0 Å². The maximum Gasteiger partial charge on any atom is 0.220 e. The third kappa shape index (κ3) is 18.9. The number of allylic oxidation sites excluding steroid dienone is 1. The molecular formula is C41H77NO13. The molecule has 1 amide bonds. The van der Waals surface area contributed by atoms with Gasteiger partial charge in [0.05, 0.1) is 32.0 Å². The van der Waals surface area contributed by atoms with Gasteiger partial charge in [-0.15, -0.1) is 0 Å². The molecule has 55 heavy (non-hydrogen) atoms. The zero-order valence-electron chi connectivity index (χ0n) is 33.7. The Morgan fingerprint density at radius 3 is 1.67 bits per heavy atom. The summed E-state index contributed by atoms with van der Waals surface area (Å²) < 4.78 is 22.5. The fourth-order valence-corrected chi connectivity index (χ4v) is 7.11. The van der Waals surface area contributed by atoms with Gasteiger partial charge < -0.3 is 65.1 Å². The Kier molecular flexibility index (Phi) is 27.1. The lowest BCUT2D eigenvalue weighted by molar-refractivity contribution is -0.359. The molecule has 0 aromatic carbocycles. The molecule has 0 saturated carbocycles. The van der Waals surface area contributed by atoms with E-state index in [0.29, 0.717) is 6.42 Å². The van der Waals surface area contributed by atoms with Crippen molar-refractivity contribution in [2.24, 2.45) is 0 Å². The van der Waals surface area contributed by atoms with Crippen LogP contribution in [0.3, 0.4) is 0 Å². The van der Waals surface area contributed by atoms with Crippen LogP contribution in [0, 0.1) is 0 Å². The molecule has 0 unspecified atom stereocenters. The Bertz CT molecular complexity index is 988. The third-order valence-corrected chi connectivity index (χ3v) is 10.7. The van der Waals surface area contributed by atoms with Gasteiger partial charge in [-0.1, -0.05) is 135 Å². The van der Waals surface area contributed by atoms with E-state index >= 15 is 0 Å². The van der Waals surface area contributed by atoms with Crippen LogP contribution in [0.5, 0.6) is 0 Å². The maximum atomic E-state index is 13.0. The summed E-state index contributed by atoms with van der Waals surface area (Å²) in [6, 6.07) is -0.904. The van der Waals surface area contributed by atoms with Crippen molar-refractivity contribution in [3.63, 3.8) is 0 Å². The topological polar surface area (TPSA) is 228 Å². The van der Waals surface area contributed by atoms with Gasteiger partial charge >= 0.3 is 0 Å². The van der Waals surface area contributed by atoms with E-state index in [1.54, 1.807) is 6.08 Å². The lowest BCUT2D eigenvalue weighted by Crippen LogP contribution is -2.65. The van der Waals surface area contributed by atoms with Crippen molar-refractivity contribution in [2.75, 3.05) is 19.8 Å². The fourth-order valence-electron chi connectivity index (χ4n) is 7.11. The van der Waals surface area contributed by atoms with Gasteiger partial charge in [-0.05, 0) is 19.3 Å². The van der Waals surface area contributed by atoms with Crippen LogP contribution in [-0.2, 0) is 23.7 Å². The minimum atomic E-state index is -1.78. The number of hydrogen-bond acceptors (Lipinski definition) is 13. The van der Waals surface area contributed by atoms with Gasteiger partial charge in [-0.3, -0.25) is 4.79 Å². The molecule has 0 aliphatic carbocycles. The highest BCUT2D eigenvalue weighted by Crippen LogP contribution is 2.30. The average molecular weight is 792 g/mol. The molecule has 14 heteroatoms. The van der Waals surface area contributed by atoms with E-state index in [1.807, 2.05) is 6.08 Å². The Morgan fingerprint density at radius 2 is 1.13 bits per heavy atom. The van der Waals surface area contributed by atoms with Crippen LogP contribution >= 0.6 is 0 Å². The fraction of sp³-hybridized carbons (Fsp3) is 0.927. The SMILES string of the molecule is CCCCCCCC/C=C/[C@H](O)[C@H](CO[C@@H]1O[C@H](CO)[C@@H](O[C@@H]2O[C@H](CO)[C@H](O)[C@H](O)[C@H]2O)[C@H](O)[C@H]1O)NC(=O)CCCCCCCCCCCCCCC. The summed E-state index contributed by atoms with van der Waals surface area (Å²) in [5, 5.41) is 86.1. The summed E-state index contributed by atoms with van der Waals surface area (Å²) >= 11 is 0. The molecule has 12 atom stereocenters. The summed E-state index contributed by atoms with van der Waals surface area (Å²) in [5.74, 6) is -0.244. The Hall–Kier alpha value is -1.27. The zero-order valence-corrected chi connectivity index (χ0v) is 33.7. The largest absolute Gasteiger partial charge is 0.394 e. The molecule has 0 aromatic rings. The number of hydrogen-bond donors (Lipinski definition) is 9. The molecule has 324 valence electrons. The Balaban J connectivity index is 1.91. The quantitative estimate of drug-likeness (QED) is 0.0364. The number of carbonyl (C=O) groups is 1. The second kappa shape index (κ2) is 29.9. The van der Waals surface area contributed by atoms with Crippen molar-refractivity contribution < 1.29 is 64.6 Å². The van der Waals surface area contributed by atoms with Crippen molar-refractivity contribution in [1.29, 1.82) is 0 Å². The van der Waals surface area contributed by atoms with Crippen molar-refractivity contribution in [3.8, 4) is 0 Å². The van der Waals surface area contributed by atoms with Crippen molar-refractivity contribution in [1.82, 2.24) is 5.32 Å². The molecule has 0 radical (unpaired) electrons. The van der Waals surface area contributed by atoms with Crippen molar-refractivity contribution in [2.45, 2.75) is 222 Å². The number of ether oxygens (including phenoxy) is 4.